The van der Waals surface area contributed by atoms with Gasteiger partial charge in [-0.2, -0.15) is 5.26 Å². The van der Waals surface area contributed by atoms with Crippen molar-refractivity contribution < 1.29 is 9.66 Å². The van der Waals surface area contributed by atoms with E-state index in [9.17, 15) is 10.1 Å². The number of hydrogen-bond donors (Lipinski definition) is 1. The molecule has 2 rings (SSSR count). The molecular formula is C11H8N4O3. The van der Waals surface area contributed by atoms with E-state index < -0.39 is 4.92 Å². The van der Waals surface area contributed by atoms with Crippen LogP contribution in [0.2, 0.25) is 0 Å². The molecular weight excluding hydrogens is 236 g/mol. The predicted octanol–water partition coefficient (Wildman–Crippen LogP) is 1.87. The van der Waals surface area contributed by atoms with Gasteiger partial charge in [-0.1, -0.05) is 0 Å². The maximum absolute atomic E-state index is 10.7. The largest absolute Gasteiger partial charge is 0.496 e. The van der Waals surface area contributed by atoms with Crippen LogP contribution in [-0.2, 0) is 0 Å². The Balaban J connectivity index is 2.51. The number of aromatic amines is 1. The average Bonchev–Trinajstić information content (AvgIpc) is 2.86. The molecule has 7 heteroatoms. The lowest BCUT2D eigenvalue weighted by molar-refractivity contribution is -0.384. The molecule has 0 bridgehead atoms. The highest BCUT2D eigenvalue weighted by Crippen LogP contribution is 2.31. The molecule has 0 amide bonds. The van der Waals surface area contributed by atoms with Crippen molar-refractivity contribution >= 4 is 5.69 Å². The first kappa shape index (κ1) is 11.6. The number of ether oxygens (including phenoxy) is 1. The minimum atomic E-state index is -0.505. The Bertz CT molecular complexity index is 642. The number of rotatable bonds is 3. The Kier molecular flexibility index (Phi) is 2.93. The number of H-pyrrole nitrogens is 1. The van der Waals surface area contributed by atoms with Crippen LogP contribution in [-0.4, -0.2) is 22.0 Å². The molecule has 1 N–H and O–H groups in total. The second-order valence-electron chi connectivity index (χ2n) is 3.40. The summed E-state index contributed by atoms with van der Waals surface area (Å²) < 4.78 is 5.09. The molecule has 90 valence electrons. The summed E-state index contributed by atoms with van der Waals surface area (Å²) in [6.45, 7) is 0. The number of hydrogen-bond acceptors (Lipinski definition) is 5. The van der Waals surface area contributed by atoms with Crippen molar-refractivity contribution in [3.8, 4) is 23.2 Å². The fourth-order valence-electron chi connectivity index (χ4n) is 1.50. The molecule has 0 saturated carbocycles. The molecule has 0 fully saturated rings. The maximum atomic E-state index is 10.7. The Morgan fingerprint density at radius 3 is 2.89 bits per heavy atom. The molecule has 0 radical (unpaired) electrons. The van der Waals surface area contributed by atoms with Crippen LogP contribution in [0.15, 0.2) is 24.4 Å². The third-order valence-corrected chi connectivity index (χ3v) is 2.35. The topological polar surface area (TPSA) is 105 Å². The number of aromatic nitrogens is 2. The number of non-ortho nitro benzene ring substituents is 1. The van der Waals surface area contributed by atoms with Crippen molar-refractivity contribution in [2.24, 2.45) is 0 Å². The van der Waals surface area contributed by atoms with Crippen LogP contribution in [0.5, 0.6) is 5.75 Å². The van der Waals surface area contributed by atoms with Gasteiger partial charge < -0.3 is 9.72 Å². The zero-order valence-corrected chi connectivity index (χ0v) is 9.38. The van der Waals surface area contributed by atoms with Crippen LogP contribution < -0.4 is 4.74 Å². The summed E-state index contributed by atoms with van der Waals surface area (Å²) in [7, 11) is 1.41. The van der Waals surface area contributed by atoms with Gasteiger partial charge in [0.25, 0.3) is 5.69 Å². The summed E-state index contributed by atoms with van der Waals surface area (Å²) in [5, 5.41) is 19.4. The Hall–Kier alpha value is -2.88. The Morgan fingerprint density at radius 2 is 2.33 bits per heavy atom. The molecule has 0 unspecified atom stereocenters. The van der Waals surface area contributed by atoms with E-state index in [4.69, 9.17) is 10.00 Å². The molecule has 0 aliphatic carbocycles. The van der Waals surface area contributed by atoms with Gasteiger partial charge in [0.15, 0.2) is 0 Å². The summed E-state index contributed by atoms with van der Waals surface area (Å²) in [5.41, 5.74) is 0.803. The number of imidazole rings is 1. The molecule has 18 heavy (non-hydrogen) atoms. The molecule has 1 aromatic carbocycles. The van der Waals surface area contributed by atoms with Gasteiger partial charge in [0.2, 0.25) is 0 Å². The van der Waals surface area contributed by atoms with E-state index in [2.05, 4.69) is 9.97 Å². The minimum Gasteiger partial charge on any atom is -0.496 e. The summed E-state index contributed by atoms with van der Waals surface area (Å²) in [4.78, 5) is 16.9. The summed E-state index contributed by atoms with van der Waals surface area (Å²) in [5.74, 6) is 0.751. The van der Waals surface area contributed by atoms with Crippen LogP contribution in [0, 0.1) is 21.4 Å². The van der Waals surface area contributed by atoms with Gasteiger partial charge >= 0.3 is 0 Å². The first-order chi connectivity index (χ1) is 8.65. The van der Waals surface area contributed by atoms with E-state index in [1.165, 1.54) is 31.5 Å². The van der Waals surface area contributed by atoms with Crippen molar-refractivity contribution in [1.29, 1.82) is 5.26 Å². The zero-order chi connectivity index (χ0) is 13.1. The lowest BCUT2D eigenvalue weighted by Gasteiger charge is -2.05. The number of nitrogens with zero attached hydrogens (tertiary/aromatic N) is 3. The van der Waals surface area contributed by atoms with E-state index in [0.717, 1.165) is 0 Å². The SMILES string of the molecule is COc1cc([N+](=O)[O-])ccc1-c1ncc(C#N)[nH]1. The summed E-state index contributed by atoms with van der Waals surface area (Å²) in [6.07, 6.45) is 1.39. The maximum Gasteiger partial charge on any atom is 0.273 e. The van der Waals surface area contributed by atoms with Gasteiger partial charge in [-0.3, -0.25) is 10.1 Å². The molecule has 1 heterocycles. The highest BCUT2D eigenvalue weighted by molar-refractivity contribution is 5.67. The molecule has 0 aliphatic rings. The third kappa shape index (κ3) is 1.99. The standard InChI is InChI=1S/C11H8N4O3/c1-18-10-4-8(15(16)17)2-3-9(10)11-13-6-7(5-12)14-11/h2-4,6H,1H3,(H,13,14). The van der Waals surface area contributed by atoms with Crippen molar-refractivity contribution in [1.82, 2.24) is 9.97 Å². The Labute approximate surface area is 102 Å². The molecule has 1 aromatic heterocycles. The fourth-order valence-corrected chi connectivity index (χ4v) is 1.50. The lowest BCUT2D eigenvalue weighted by atomic mass is 10.1. The van der Waals surface area contributed by atoms with Gasteiger partial charge in [0.05, 0.1) is 29.9 Å². The van der Waals surface area contributed by atoms with Crippen LogP contribution in [0.25, 0.3) is 11.4 Å². The normalized spacial score (nSPS) is 9.78. The van der Waals surface area contributed by atoms with E-state index in [0.29, 0.717) is 22.8 Å². The van der Waals surface area contributed by atoms with Gasteiger partial charge in [-0.05, 0) is 6.07 Å². The van der Waals surface area contributed by atoms with Crippen molar-refractivity contribution in [3.05, 3.63) is 40.2 Å². The first-order valence-electron chi connectivity index (χ1n) is 4.93. The molecule has 2 aromatic rings. The zero-order valence-electron chi connectivity index (χ0n) is 9.38. The van der Waals surface area contributed by atoms with Crippen LogP contribution in [0.1, 0.15) is 5.69 Å². The van der Waals surface area contributed by atoms with E-state index in [1.54, 1.807) is 0 Å². The monoisotopic (exact) mass is 244 g/mol. The molecule has 0 spiro atoms. The van der Waals surface area contributed by atoms with Crippen molar-refractivity contribution in [3.63, 3.8) is 0 Å². The van der Waals surface area contributed by atoms with Crippen molar-refractivity contribution in [2.75, 3.05) is 7.11 Å². The van der Waals surface area contributed by atoms with E-state index in [1.807, 2.05) is 6.07 Å². The molecule has 0 atom stereocenters. The number of nitro benzene ring substituents is 1. The van der Waals surface area contributed by atoms with Gasteiger partial charge in [0.1, 0.15) is 23.3 Å². The van der Waals surface area contributed by atoms with Crippen molar-refractivity contribution in [2.45, 2.75) is 0 Å². The van der Waals surface area contributed by atoms with Crippen LogP contribution in [0.3, 0.4) is 0 Å². The first-order valence-corrected chi connectivity index (χ1v) is 4.93. The van der Waals surface area contributed by atoms with Crippen LogP contribution >= 0.6 is 0 Å². The molecule has 0 aliphatic heterocycles. The lowest BCUT2D eigenvalue weighted by Crippen LogP contribution is -1.93. The van der Waals surface area contributed by atoms with Crippen LogP contribution in [0.4, 0.5) is 5.69 Å². The number of nitrogens with one attached hydrogen (secondary N) is 1. The average molecular weight is 244 g/mol. The third-order valence-electron chi connectivity index (χ3n) is 2.35. The highest BCUT2D eigenvalue weighted by Gasteiger charge is 2.14. The fraction of sp³-hybridized carbons (Fsp3) is 0.0909. The number of benzene rings is 1. The van der Waals surface area contributed by atoms with E-state index >= 15 is 0 Å². The quantitative estimate of drug-likeness (QED) is 0.655. The number of nitro groups is 1. The predicted molar refractivity (Wildman–Crippen MR) is 61.9 cm³/mol. The summed E-state index contributed by atoms with van der Waals surface area (Å²) >= 11 is 0. The second kappa shape index (κ2) is 4.55. The number of methoxy groups -OCH3 is 1. The summed E-state index contributed by atoms with van der Waals surface area (Å²) in [6, 6.07) is 6.10. The minimum absolute atomic E-state index is 0.0670. The van der Waals surface area contributed by atoms with Gasteiger partial charge in [0, 0.05) is 6.07 Å². The Morgan fingerprint density at radius 1 is 1.56 bits per heavy atom. The molecule has 7 nitrogen and oxygen atoms in total. The smallest absolute Gasteiger partial charge is 0.273 e. The number of nitriles is 1. The highest BCUT2D eigenvalue weighted by atomic mass is 16.6. The second-order valence-corrected chi connectivity index (χ2v) is 3.40. The van der Waals surface area contributed by atoms with Gasteiger partial charge in [-0.25, -0.2) is 4.98 Å². The molecule has 0 saturated heterocycles. The van der Waals surface area contributed by atoms with Gasteiger partial charge in [-0.15, -0.1) is 0 Å². The van der Waals surface area contributed by atoms with E-state index in [-0.39, 0.29) is 5.69 Å².